The summed E-state index contributed by atoms with van der Waals surface area (Å²) < 4.78 is 39.3. The highest BCUT2D eigenvalue weighted by Gasteiger charge is 2.33. The number of aromatic nitrogens is 1. The molecule has 2 aromatic rings. The van der Waals surface area contributed by atoms with Gasteiger partial charge in [-0.15, -0.1) is 11.3 Å². The van der Waals surface area contributed by atoms with Gasteiger partial charge in [0, 0.05) is 23.8 Å². The zero-order chi connectivity index (χ0) is 20.2. The van der Waals surface area contributed by atoms with Gasteiger partial charge in [0.15, 0.2) is 4.34 Å². The van der Waals surface area contributed by atoms with Crippen LogP contribution in [-0.4, -0.2) is 41.0 Å². The number of hydrogen-bond acceptors (Lipinski definition) is 5. The molecule has 0 aliphatic carbocycles. The molecular formula is C16H15ClF3N3O2S2. The van der Waals surface area contributed by atoms with Gasteiger partial charge in [-0.25, -0.2) is 4.98 Å². The molecule has 0 atom stereocenters. The number of amides is 2. The van der Waals surface area contributed by atoms with Crippen molar-refractivity contribution < 1.29 is 22.8 Å². The molecule has 0 spiro atoms. The van der Waals surface area contributed by atoms with Gasteiger partial charge in [-0.1, -0.05) is 23.4 Å². The molecular weight excluding hydrogens is 423 g/mol. The van der Waals surface area contributed by atoms with Gasteiger partial charge >= 0.3 is 6.18 Å². The van der Waals surface area contributed by atoms with Crippen LogP contribution in [0.1, 0.15) is 11.3 Å². The van der Waals surface area contributed by atoms with Crippen molar-refractivity contribution in [1.29, 1.82) is 0 Å². The van der Waals surface area contributed by atoms with Gasteiger partial charge < -0.3 is 10.2 Å². The first kappa shape index (κ1) is 21.5. The van der Waals surface area contributed by atoms with E-state index in [1.807, 2.05) is 12.3 Å². The molecule has 5 nitrogen and oxygen atoms in total. The van der Waals surface area contributed by atoms with Gasteiger partial charge in [0.25, 0.3) is 0 Å². The van der Waals surface area contributed by atoms with Gasteiger partial charge in [0.1, 0.15) is 0 Å². The Morgan fingerprint density at radius 3 is 2.67 bits per heavy atom. The van der Waals surface area contributed by atoms with E-state index in [0.29, 0.717) is 0 Å². The Morgan fingerprint density at radius 1 is 1.37 bits per heavy atom. The first-order valence-electron chi connectivity index (χ1n) is 7.51. The van der Waals surface area contributed by atoms with Crippen molar-refractivity contribution in [2.45, 2.75) is 17.4 Å². The molecule has 146 valence electrons. The molecule has 2 rings (SSSR count). The third-order valence-corrected chi connectivity index (χ3v) is 5.73. The molecule has 0 unspecified atom stereocenters. The Balaban J connectivity index is 1.90. The monoisotopic (exact) mass is 437 g/mol. The molecule has 0 aliphatic heterocycles. The Morgan fingerprint density at radius 2 is 2.07 bits per heavy atom. The predicted molar refractivity (Wildman–Crippen MR) is 100 cm³/mol. The van der Waals surface area contributed by atoms with E-state index in [1.54, 1.807) is 0 Å². The number of benzene rings is 1. The number of carbonyl (C=O) groups excluding carboxylic acids is 2. The zero-order valence-corrected chi connectivity index (χ0v) is 16.7. The topological polar surface area (TPSA) is 62.3 Å². The number of likely N-dealkylation sites (N-methyl/N-ethyl adjacent to an activating group) is 1. The van der Waals surface area contributed by atoms with E-state index in [9.17, 15) is 22.8 Å². The normalized spacial score (nSPS) is 11.3. The minimum atomic E-state index is -4.63. The Labute approximate surface area is 166 Å². The van der Waals surface area contributed by atoms with E-state index >= 15 is 0 Å². The number of anilines is 1. The summed E-state index contributed by atoms with van der Waals surface area (Å²) in [6, 6.07) is 3.07. The first-order valence-corrected chi connectivity index (χ1v) is 9.76. The van der Waals surface area contributed by atoms with Crippen LogP contribution in [0.2, 0.25) is 5.02 Å². The minimum Gasteiger partial charge on any atom is -0.336 e. The average Bonchev–Trinajstić information content (AvgIpc) is 2.98. The molecule has 0 aliphatic rings. The highest BCUT2D eigenvalue weighted by molar-refractivity contribution is 8.01. The summed E-state index contributed by atoms with van der Waals surface area (Å²) in [5.41, 5.74) is -0.226. The standard InChI is InChI=1S/C16H15ClF3N3O2S2/c1-9-7-26-15(21-9)27-8-14(25)23(2)6-13(24)22-10-3-4-12(17)11(5-10)16(18,19)20/h3-5,7H,6,8H2,1-2H3,(H,22,24). The highest BCUT2D eigenvalue weighted by atomic mass is 35.5. The number of thioether (sulfide) groups is 1. The van der Waals surface area contributed by atoms with E-state index in [0.717, 1.165) is 22.2 Å². The fraction of sp³-hybridized carbons (Fsp3) is 0.312. The molecule has 0 fully saturated rings. The Bertz CT molecular complexity index is 843. The third-order valence-electron chi connectivity index (χ3n) is 3.28. The van der Waals surface area contributed by atoms with Crippen molar-refractivity contribution >= 4 is 52.2 Å². The number of nitrogens with one attached hydrogen (secondary N) is 1. The summed E-state index contributed by atoms with van der Waals surface area (Å²) in [6.45, 7) is 1.56. The summed E-state index contributed by atoms with van der Waals surface area (Å²) in [4.78, 5) is 29.5. The van der Waals surface area contributed by atoms with Gasteiger partial charge in [0.05, 0.1) is 22.9 Å². The number of carbonyl (C=O) groups is 2. The summed E-state index contributed by atoms with van der Waals surface area (Å²) in [5, 5.41) is 3.75. The van der Waals surface area contributed by atoms with Crippen LogP contribution < -0.4 is 5.32 Å². The summed E-state index contributed by atoms with van der Waals surface area (Å²) in [7, 11) is 1.44. The van der Waals surface area contributed by atoms with E-state index in [2.05, 4.69) is 10.3 Å². The van der Waals surface area contributed by atoms with Gasteiger partial charge in [-0.2, -0.15) is 13.2 Å². The molecule has 0 saturated heterocycles. The van der Waals surface area contributed by atoms with Crippen LogP contribution in [0.15, 0.2) is 27.9 Å². The molecule has 11 heteroatoms. The highest BCUT2D eigenvalue weighted by Crippen LogP contribution is 2.36. The van der Waals surface area contributed by atoms with Gasteiger partial charge in [-0.05, 0) is 25.1 Å². The van der Waals surface area contributed by atoms with Crippen molar-refractivity contribution in [3.05, 3.63) is 39.9 Å². The maximum Gasteiger partial charge on any atom is 0.417 e. The van der Waals surface area contributed by atoms with E-state index in [1.165, 1.54) is 41.1 Å². The van der Waals surface area contributed by atoms with Crippen molar-refractivity contribution in [2.24, 2.45) is 0 Å². The molecule has 0 bridgehead atoms. The second-order valence-corrected chi connectivity index (χ2v) is 8.02. The van der Waals surface area contributed by atoms with E-state index in [4.69, 9.17) is 11.6 Å². The molecule has 1 N–H and O–H groups in total. The maximum absolute atomic E-state index is 12.9. The Hall–Kier alpha value is -1.78. The second-order valence-electron chi connectivity index (χ2n) is 5.53. The molecule has 0 radical (unpaired) electrons. The number of thiazole rings is 1. The fourth-order valence-corrected chi connectivity index (χ4v) is 3.97. The van der Waals surface area contributed by atoms with E-state index < -0.39 is 22.7 Å². The average molecular weight is 438 g/mol. The number of rotatable bonds is 6. The second kappa shape index (κ2) is 8.94. The lowest BCUT2D eigenvalue weighted by molar-refractivity contribution is -0.137. The number of hydrogen-bond donors (Lipinski definition) is 1. The lowest BCUT2D eigenvalue weighted by Crippen LogP contribution is -2.36. The quantitative estimate of drug-likeness (QED) is 0.684. The van der Waals surface area contributed by atoms with Crippen LogP contribution in [0.25, 0.3) is 0 Å². The number of nitrogens with zero attached hydrogens (tertiary/aromatic N) is 2. The van der Waals surface area contributed by atoms with E-state index in [-0.39, 0.29) is 23.9 Å². The predicted octanol–water partition coefficient (Wildman–Crippen LogP) is 4.31. The lowest BCUT2D eigenvalue weighted by Gasteiger charge is -2.17. The first-order chi connectivity index (χ1) is 12.6. The van der Waals surface area contributed by atoms with Crippen LogP contribution in [-0.2, 0) is 15.8 Å². The molecule has 0 saturated carbocycles. The number of halogens is 4. The van der Waals surface area contributed by atoms with Crippen LogP contribution in [0.3, 0.4) is 0 Å². The van der Waals surface area contributed by atoms with Crippen LogP contribution >= 0.6 is 34.7 Å². The summed E-state index contributed by atoms with van der Waals surface area (Å²) in [6.07, 6.45) is -4.63. The Kier molecular flexibility index (Phi) is 7.12. The van der Waals surface area contributed by atoms with Crippen molar-refractivity contribution in [1.82, 2.24) is 9.88 Å². The lowest BCUT2D eigenvalue weighted by atomic mass is 10.2. The number of aryl methyl sites for hydroxylation is 1. The third kappa shape index (κ3) is 6.40. The molecule has 1 heterocycles. The number of alkyl halides is 3. The van der Waals surface area contributed by atoms with Crippen molar-refractivity contribution in [3.63, 3.8) is 0 Å². The molecule has 2 amide bonds. The van der Waals surface area contributed by atoms with Crippen molar-refractivity contribution in [2.75, 3.05) is 24.7 Å². The van der Waals surface area contributed by atoms with Gasteiger partial charge in [0.2, 0.25) is 11.8 Å². The zero-order valence-electron chi connectivity index (χ0n) is 14.3. The summed E-state index contributed by atoms with van der Waals surface area (Å²) in [5.74, 6) is -0.804. The largest absolute Gasteiger partial charge is 0.417 e. The fourth-order valence-electron chi connectivity index (χ4n) is 1.96. The van der Waals surface area contributed by atoms with Crippen LogP contribution in [0.4, 0.5) is 18.9 Å². The van der Waals surface area contributed by atoms with Crippen LogP contribution in [0, 0.1) is 6.92 Å². The van der Waals surface area contributed by atoms with Crippen molar-refractivity contribution in [3.8, 4) is 0 Å². The van der Waals surface area contributed by atoms with Gasteiger partial charge in [-0.3, -0.25) is 9.59 Å². The minimum absolute atomic E-state index is 0.0507. The molecule has 27 heavy (non-hydrogen) atoms. The maximum atomic E-state index is 12.9. The molecule has 1 aromatic carbocycles. The SMILES string of the molecule is Cc1csc(SCC(=O)N(C)CC(=O)Nc2ccc(Cl)c(C(F)(F)F)c2)n1. The van der Waals surface area contributed by atoms with Crippen LogP contribution in [0.5, 0.6) is 0 Å². The smallest absolute Gasteiger partial charge is 0.336 e. The summed E-state index contributed by atoms with van der Waals surface area (Å²) >= 11 is 8.22. The molecule has 1 aromatic heterocycles.